The van der Waals surface area contributed by atoms with Gasteiger partial charge in [0.25, 0.3) is 0 Å². The van der Waals surface area contributed by atoms with Gasteiger partial charge in [0, 0.05) is 6.20 Å². The van der Waals surface area contributed by atoms with E-state index in [4.69, 9.17) is 5.73 Å². The van der Waals surface area contributed by atoms with Crippen molar-refractivity contribution >= 4 is 5.91 Å². The standard InChI is InChI=1S/C21H36N2O/c1-2-3-4-5-6-7-8-9-10-11-12-13-16-19(21(22)24)20-17-14-15-18-23-20/h14-15,17-19H,2-13,16H2,1H3,(H2,22,24). The summed E-state index contributed by atoms with van der Waals surface area (Å²) >= 11 is 0. The molecule has 1 rings (SSSR count). The summed E-state index contributed by atoms with van der Waals surface area (Å²) < 4.78 is 0. The minimum absolute atomic E-state index is 0.227. The minimum atomic E-state index is -0.253. The summed E-state index contributed by atoms with van der Waals surface area (Å²) in [6.45, 7) is 2.27. The van der Waals surface area contributed by atoms with Crippen LogP contribution in [0, 0.1) is 0 Å². The third-order valence-electron chi connectivity index (χ3n) is 4.73. The molecule has 1 unspecified atom stereocenters. The third-order valence-corrected chi connectivity index (χ3v) is 4.73. The lowest BCUT2D eigenvalue weighted by Crippen LogP contribution is -2.22. The lowest BCUT2D eigenvalue weighted by Gasteiger charge is -2.12. The fourth-order valence-corrected chi connectivity index (χ4v) is 3.21. The molecule has 24 heavy (non-hydrogen) atoms. The lowest BCUT2D eigenvalue weighted by molar-refractivity contribution is -0.119. The molecule has 1 heterocycles. The molecule has 0 aliphatic carbocycles. The van der Waals surface area contributed by atoms with Crippen LogP contribution in [-0.2, 0) is 4.79 Å². The van der Waals surface area contributed by atoms with Gasteiger partial charge in [-0.2, -0.15) is 0 Å². The van der Waals surface area contributed by atoms with Gasteiger partial charge in [-0.25, -0.2) is 0 Å². The number of hydrogen-bond donors (Lipinski definition) is 1. The van der Waals surface area contributed by atoms with Crippen LogP contribution >= 0.6 is 0 Å². The van der Waals surface area contributed by atoms with Crippen molar-refractivity contribution in [3.63, 3.8) is 0 Å². The van der Waals surface area contributed by atoms with Gasteiger partial charge in [-0.3, -0.25) is 9.78 Å². The SMILES string of the molecule is CCCCCCCCCCCCCCC(C(N)=O)c1ccccn1. The molecule has 3 nitrogen and oxygen atoms in total. The van der Waals surface area contributed by atoms with Crippen molar-refractivity contribution in [3.05, 3.63) is 30.1 Å². The molecule has 0 saturated heterocycles. The number of carbonyl (C=O) groups excluding carboxylic acids is 1. The van der Waals surface area contributed by atoms with Gasteiger partial charge in [-0.15, -0.1) is 0 Å². The van der Waals surface area contributed by atoms with Crippen LogP contribution in [0.3, 0.4) is 0 Å². The van der Waals surface area contributed by atoms with Crippen LogP contribution < -0.4 is 5.73 Å². The minimum Gasteiger partial charge on any atom is -0.369 e. The molecule has 2 N–H and O–H groups in total. The Hall–Kier alpha value is -1.38. The van der Waals surface area contributed by atoms with E-state index >= 15 is 0 Å². The number of pyridine rings is 1. The average Bonchev–Trinajstić information content (AvgIpc) is 2.59. The number of aromatic nitrogens is 1. The van der Waals surface area contributed by atoms with E-state index in [-0.39, 0.29) is 11.8 Å². The zero-order chi connectivity index (χ0) is 17.5. The summed E-state index contributed by atoms with van der Waals surface area (Å²) in [5.41, 5.74) is 6.34. The van der Waals surface area contributed by atoms with Crippen molar-refractivity contribution in [2.24, 2.45) is 5.73 Å². The maximum Gasteiger partial charge on any atom is 0.226 e. The Labute approximate surface area is 148 Å². The molecule has 0 saturated carbocycles. The largest absolute Gasteiger partial charge is 0.369 e. The Balaban J connectivity index is 2.00. The average molecular weight is 333 g/mol. The number of primary amides is 1. The number of nitrogens with two attached hydrogens (primary N) is 1. The highest BCUT2D eigenvalue weighted by atomic mass is 16.1. The molecule has 1 amide bonds. The van der Waals surface area contributed by atoms with Gasteiger partial charge >= 0.3 is 0 Å². The van der Waals surface area contributed by atoms with Crippen LogP contribution in [0.15, 0.2) is 24.4 Å². The van der Waals surface area contributed by atoms with Crippen molar-refractivity contribution in [1.82, 2.24) is 4.98 Å². The van der Waals surface area contributed by atoms with Crippen molar-refractivity contribution in [2.45, 2.75) is 96.3 Å². The molecule has 0 aliphatic rings. The normalized spacial score (nSPS) is 12.2. The highest BCUT2D eigenvalue weighted by molar-refractivity contribution is 5.81. The zero-order valence-corrected chi connectivity index (χ0v) is 15.5. The molecular weight excluding hydrogens is 296 g/mol. The fraction of sp³-hybridized carbons (Fsp3) is 0.714. The molecule has 1 atom stereocenters. The quantitative estimate of drug-likeness (QED) is 0.416. The first-order chi connectivity index (χ1) is 11.8. The van der Waals surface area contributed by atoms with E-state index in [0.717, 1.165) is 18.5 Å². The van der Waals surface area contributed by atoms with Gasteiger partial charge < -0.3 is 5.73 Å². The number of hydrogen-bond acceptors (Lipinski definition) is 2. The van der Waals surface area contributed by atoms with E-state index in [1.807, 2.05) is 18.2 Å². The van der Waals surface area contributed by atoms with Crippen molar-refractivity contribution in [2.75, 3.05) is 0 Å². The molecule has 0 bridgehead atoms. The first-order valence-corrected chi connectivity index (χ1v) is 9.96. The fourth-order valence-electron chi connectivity index (χ4n) is 3.21. The van der Waals surface area contributed by atoms with Crippen molar-refractivity contribution in [3.8, 4) is 0 Å². The predicted molar refractivity (Wildman–Crippen MR) is 102 cm³/mol. The topological polar surface area (TPSA) is 56.0 Å². The highest BCUT2D eigenvalue weighted by Crippen LogP contribution is 2.21. The summed E-state index contributed by atoms with van der Waals surface area (Å²) in [5, 5.41) is 0. The number of amides is 1. The zero-order valence-electron chi connectivity index (χ0n) is 15.5. The van der Waals surface area contributed by atoms with E-state index in [9.17, 15) is 4.79 Å². The Morgan fingerprint density at radius 3 is 1.92 bits per heavy atom. The summed E-state index contributed by atoms with van der Waals surface area (Å²) in [5.74, 6) is -0.480. The third kappa shape index (κ3) is 9.69. The lowest BCUT2D eigenvalue weighted by atomic mass is 9.96. The van der Waals surface area contributed by atoms with Crippen LogP contribution in [0.4, 0.5) is 0 Å². The molecule has 0 radical (unpaired) electrons. The van der Waals surface area contributed by atoms with E-state index in [1.165, 1.54) is 70.6 Å². The van der Waals surface area contributed by atoms with Gasteiger partial charge in [0.1, 0.15) is 0 Å². The monoisotopic (exact) mass is 332 g/mol. The Morgan fingerprint density at radius 2 is 1.46 bits per heavy atom. The first-order valence-electron chi connectivity index (χ1n) is 9.96. The van der Waals surface area contributed by atoms with E-state index < -0.39 is 0 Å². The maximum absolute atomic E-state index is 11.6. The van der Waals surface area contributed by atoms with Crippen LogP contribution in [0.1, 0.15) is 102 Å². The maximum atomic E-state index is 11.6. The van der Waals surface area contributed by atoms with Gasteiger partial charge in [0.15, 0.2) is 0 Å². The van der Waals surface area contributed by atoms with E-state index in [1.54, 1.807) is 6.20 Å². The number of carbonyl (C=O) groups is 1. The Kier molecular flexibility index (Phi) is 12.1. The summed E-state index contributed by atoms with van der Waals surface area (Å²) in [4.78, 5) is 15.9. The number of unbranched alkanes of at least 4 members (excludes halogenated alkanes) is 11. The van der Waals surface area contributed by atoms with E-state index in [2.05, 4.69) is 11.9 Å². The molecule has 0 spiro atoms. The number of nitrogens with zero attached hydrogens (tertiary/aromatic N) is 1. The van der Waals surface area contributed by atoms with Crippen molar-refractivity contribution in [1.29, 1.82) is 0 Å². The van der Waals surface area contributed by atoms with Gasteiger partial charge in [-0.05, 0) is 18.6 Å². The second-order valence-electron chi connectivity index (χ2n) is 6.89. The molecular formula is C21H36N2O. The molecule has 136 valence electrons. The Morgan fingerprint density at radius 1 is 0.917 bits per heavy atom. The Bertz CT molecular complexity index is 419. The molecule has 1 aromatic heterocycles. The molecule has 0 aliphatic heterocycles. The molecule has 1 aromatic rings. The molecule has 0 fully saturated rings. The van der Waals surface area contributed by atoms with Crippen LogP contribution in [0.2, 0.25) is 0 Å². The summed E-state index contributed by atoms with van der Waals surface area (Å²) in [6, 6.07) is 5.68. The second kappa shape index (κ2) is 14.0. The van der Waals surface area contributed by atoms with Gasteiger partial charge in [0.05, 0.1) is 11.6 Å². The summed E-state index contributed by atoms with van der Waals surface area (Å²) in [6.07, 6.45) is 18.5. The second-order valence-corrected chi connectivity index (χ2v) is 6.89. The molecule has 3 heteroatoms. The van der Waals surface area contributed by atoms with Gasteiger partial charge in [0.2, 0.25) is 5.91 Å². The smallest absolute Gasteiger partial charge is 0.226 e. The highest BCUT2D eigenvalue weighted by Gasteiger charge is 2.18. The summed E-state index contributed by atoms with van der Waals surface area (Å²) in [7, 11) is 0. The van der Waals surface area contributed by atoms with Crippen LogP contribution in [-0.4, -0.2) is 10.9 Å². The van der Waals surface area contributed by atoms with Crippen LogP contribution in [0.5, 0.6) is 0 Å². The molecule has 0 aromatic carbocycles. The first kappa shape index (κ1) is 20.7. The van der Waals surface area contributed by atoms with E-state index in [0.29, 0.717) is 0 Å². The van der Waals surface area contributed by atoms with Crippen LogP contribution in [0.25, 0.3) is 0 Å². The predicted octanol–water partition coefficient (Wildman–Crippen LogP) is 5.74. The number of rotatable bonds is 15. The van der Waals surface area contributed by atoms with Gasteiger partial charge in [-0.1, -0.05) is 90.0 Å². The van der Waals surface area contributed by atoms with Crippen molar-refractivity contribution < 1.29 is 4.79 Å².